The number of carbonyl (C=O) groups is 1. The Morgan fingerprint density at radius 3 is 2.65 bits per heavy atom. The minimum Gasteiger partial charge on any atom is -0.508 e. The number of benzene rings is 1. The third-order valence-electron chi connectivity index (χ3n) is 2.64. The summed E-state index contributed by atoms with van der Waals surface area (Å²) < 4.78 is 0. The summed E-state index contributed by atoms with van der Waals surface area (Å²) in [5.41, 5.74) is 6.00. The van der Waals surface area contributed by atoms with E-state index in [4.69, 9.17) is 5.73 Å². The van der Waals surface area contributed by atoms with Crippen LogP contribution in [0.5, 0.6) is 5.75 Å². The van der Waals surface area contributed by atoms with Crippen molar-refractivity contribution in [1.29, 1.82) is 0 Å². The minimum absolute atomic E-state index is 0.118. The fourth-order valence-corrected chi connectivity index (χ4v) is 2.53. The monoisotopic (exact) mass is 247 g/mol. The van der Waals surface area contributed by atoms with E-state index in [1.54, 1.807) is 35.6 Å². The van der Waals surface area contributed by atoms with Gasteiger partial charge in [-0.1, -0.05) is 24.3 Å². The van der Waals surface area contributed by atoms with E-state index in [-0.39, 0.29) is 5.75 Å². The van der Waals surface area contributed by atoms with Crippen molar-refractivity contribution in [1.82, 2.24) is 0 Å². The van der Waals surface area contributed by atoms with Crippen molar-refractivity contribution < 1.29 is 9.90 Å². The molecule has 0 spiro atoms. The van der Waals surface area contributed by atoms with E-state index in [0.29, 0.717) is 12.0 Å². The number of carbonyl (C=O) groups excluding carboxylic acids is 1. The van der Waals surface area contributed by atoms with Crippen LogP contribution in [0.25, 0.3) is 0 Å². The smallest absolute Gasteiger partial charge is 0.225 e. The fourth-order valence-electron chi connectivity index (χ4n) is 1.78. The number of aromatic hydroxyl groups is 1. The molecule has 0 radical (unpaired) electrons. The maximum atomic E-state index is 11.5. The summed E-state index contributed by atoms with van der Waals surface area (Å²) in [6.07, 6.45) is 0.532. The van der Waals surface area contributed by atoms with Crippen molar-refractivity contribution in [2.45, 2.75) is 12.3 Å². The maximum Gasteiger partial charge on any atom is 0.225 e. The van der Waals surface area contributed by atoms with Crippen LogP contribution in [0.3, 0.4) is 0 Å². The quantitative estimate of drug-likeness (QED) is 0.870. The predicted molar refractivity (Wildman–Crippen MR) is 68.1 cm³/mol. The molecule has 1 atom stereocenters. The third-order valence-corrected chi connectivity index (χ3v) is 3.54. The van der Waals surface area contributed by atoms with Crippen LogP contribution in [0.1, 0.15) is 16.4 Å². The molecular formula is C13H13NO2S. The van der Waals surface area contributed by atoms with Crippen molar-refractivity contribution in [3.8, 4) is 5.75 Å². The first-order chi connectivity index (χ1) is 8.18. The predicted octanol–water partition coefficient (Wildman–Crippen LogP) is 2.27. The van der Waals surface area contributed by atoms with E-state index in [1.807, 2.05) is 17.5 Å². The number of primary amides is 1. The molecule has 2 aromatic rings. The number of nitrogens with two attached hydrogens (primary N) is 1. The summed E-state index contributed by atoms with van der Waals surface area (Å²) >= 11 is 1.58. The molecule has 17 heavy (non-hydrogen) atoms. The van der Waals surface area contributed by atoms with Gasteiger partial charge in [0.1, 0.15) is 5.75 Å². The van der Waals surface area contributed by atoms with Gasteiger partial charge in [-0.05, 0) is 23.9 Å². The van der Waals surface area contributed by atoms with Crippen LogP contribution >= 0.6 is 11.3 Å². The van der Waals surface area contributed by atoms with Crippen molar-refractivity contribution in [3.63, 3.8) is 0 Å². The highest BCUT2D eigenvalue weighted by molar-refractivity contribution is 7.09. The van der Waals surface area contributed by atoms with Crippen LogP contribution in [0.4, 0.5) is 0 Å². The van der Waals surface area contributed by atoms with Crippen LogP contribution in [-0.4, -0.2) is 11.0 Å². The van der Waals surface area contributed by atoms with E-state index < -0.39 is 11.8 Å². The first-order valence-corrected chi connectivity index (χ1v) is 6.16. The Morgan fingerprint density at radius 2 is 2.06 bits per heavy atom. The zero-order valence-corrected chi connectivity index (χ0v) is 9.98. The average molecular weight is 247 g/mol. The molecule has 1 amide bonds. The van der Waals surface area contributed by atoms with Crippen molar-refractivity contribution in [2.75, 3.05) is 0 Å². The molecule has 2 rings (SSSR count). The molecule has 0 aliphatic heterocycles. The first-order valence-electron chi connectivity index (χ1n) is 5.28. The molecule has 0 bridgehead atoms. The molecule has 0 fully saturated rings. The molecule has 1 unspecified atom stereocenters. The summed E-state index contributed by atoms with van der Waals surface area (Å²) in [6.45, 7) is 0. The van der Waals surface area contributed by atoms with E-state index in [2.05, 4.69) is 0 Å². The number of phenolic OH excluding ortho intramolecular Hbond substituents is 1. The number of para-hydroxylation sites is 1. The van der Waals surface area contributed by atoms with E-state index in [9.17, 15) is 9.90 Å². The highest BCUT2D eigenvalue weighted by atomic mass is 32.1. The summed E-state index contributed by atoms with van der Waals surface area (Å²) in [4.78, 5) is 12.6. The van der Waals surface area contributed by atoms with Gasteiger partial charge in [0.2, 0.25) is 5.91 Å². The largest absolute Gasteiger partial charge is 0.508 e. The lowest BCUT2D eigenvalue weighted by molar-refractivity contribution is -0.119. The minimum atomic E-state index is -0.477. The Labute approximate surface area is 104 Å². The molecule has 1 aromatic heterocycles. The Kier molecular flexibility index (Phi) is 3.44. The Morgan fingerprint density at radius 1 is 1.29 bits per heavy atom. The average Bonchev–Trinajstić information content (AvgIpc) is 2.79. The Balaban J connectivity index is 2.30. The van der Waals surface area contributed by atoms with Crippen LogP contribution in [-0.2, 0) is 11.2 Å². The number of thiophene rings is 1. The van der Waals surface area contributed by atoms with Gasteiger partial charge in [-0.2, -0.15) is 0 Å². The third kappa shape index (κ3) is 2.65. The molecule has 3 nitrogen and oxygen atoms in total. The number of amides is 1. The van der Waals surface area contributed by atoms with E-state index >= 15 is 0 Å². The summed E-state index contributed by atoms with van der Waals surface area (Å²) in [7, 11) is 0. The zero-order chi connectivity index (χ0) is 12.3. The maximum absolute atomic E-state index is 11.5. The van der Waals surface area contributed by atoms with E-state index in [1.165, 1.54) is 0 Å². The second-order valence-corrected chi connectivity index (χ2v) is 4.83. The van der Waals surface area contributed by atoms with Gasteiger partial charge < -0.3 is 10.8 Å². The van der Waals surface area contributed by atoms with Crippen molar-refractivity contribution in [3.05, 3.63) is 52.2 Å². The second kappa shape index (κ2) is 5.01. The number of phenols is 1. The highest BCUT2D eigenvalue weighted by Crippen LogP contribution is 2.29. The van der Waals surface area contributed by atoms with Crippen LogP contribution in [0.15, 0.2) is 41.8 Å². The Bertz CT molecular complexity index is 508. The standard InChI is InChI=1S/C13H13NO2S/c14-13(16)11(8-9-4-3-7-17-9)10-5-1-2-6-12(10)15/h1-7,11,15H,8H2,(H2,14,16). The first kappa shape index (κ1) is 11.7. The SMILES string of the molecule is NC(=O)C(Cc1cccs1)c1ccccc1O. The summed E-state index contributed by atoms with van der Waals surface area (Å²) in [5.74, 6) is -0.775. The molecular weight excluding hydrogens is 234 g/mol. The van der Waals surface area contributed by atoms with Gasteiger partial charge >= 0.3 is 0 Å². The fraction of sp³-hybridized carbons (Fsp3) is 0.154. The normalized spacial score (nSPS) is 12.2. The van der Waals surface area contributed by atoms with Crippen LogP contribution in [0, 0.1) is 0 Å². The number of rotatable bonds is 4. The number of hydrogen-bond donors (Lipinski definition) is 2. The van der Waals surface area contributed by atoms with Gasteiger partial charge in [0, 0.05) is 10.4 Å². The second-order valence-electron chi connectivity index (χ2n) is 3.80. The molecule has 1 aromatic carbocycles. The molecule has 3 N–H and O–H groups in total. The highest BCUT2D eigenvalue weighted by Gasteiger charge is 2.21. The van der Waals surface area contributed by atoms with Gasteiger partial charge in [0.25, 0.3) is 0 Å². The zero-order valence-electron chi connectivity index (χ0n) is 9.17. The van der Waals surface area contributed by atoms with Gasteiger partial charge in [-0.3, -0.25) is 4.79 Å². The Hall–Kier alpha value is -1.81. The molecule has 88 valence electrons. The summed E-state index contributed by atoms with van der Waals surface area (Å²) in [6, 6.07) is 10.7. The molecule has 4 heteroatoms. The van der Waals surface area contributed by atoms with Crippen molar-refractivity contribution in [2.24, 2.45) is 5.73 Å². The van der Waals surface area contributed by atoms with Gasteiger partial charge in [-0.25, -0.2) is 0 Å². The van der Waals surface area contributed by atoms with Gasteiger partial charge in [0.05, 0.1) is 5.92 Å². The van der Waals surface area contributed by atoms with Crippen LogP contribution < -0.4 is 5.73 Å². The molecule has 0 aliphatic rings. The molecule has 0 aliphatic carbocycles. The lowest BCUT2D eigenvalue weighted by atomic mass is 9.93. The topological polar surface area (TPSA) is 63.3 Å². The molecule has 1 heterocycles. The van der Waals surface area contributed by atoms with Crippen molar-refractivity contribution >= 4 is 17.2 Å². The van der Waals surface area contributed by atoms with Crippen LogP contribution in [0.2, 0.25) is 0 Å². The molecule has 0 saturated heterocycles. The van der Waals surface area contributed by atoms with Gasteiger partial charge in [0.15, 0.2) is 0 Å². The summed E-state index contributed by atoms with van der Waals surface area (Å²) in [5, 5.41) is 11.7. The lowest BCUT2D eigenvalue weighted by Gasteiger charge is -2.14. The van der Waals surface area contributed by atoms with Gasteiger partial charge in [-0.15, -0.1) is 11.3 Å². The van der Waals surface area contributed by atoms with E-state index in [0.717, 1.165) is 4.88 Å². The lowest BCUT2D eigenvalue weighted by Crippen LogP contribution is -2.23. The number of hydrogen-bond acceptors (Lipinski definition) is 3. The molecule has 0 saturated carbocycles.